The molecule has 1 amide bonds. The second-order valence-corrected chi connectivity index (χ2v) is 4.84. The predicted octanol–water partition coefficient (Wildman–Crippen LogP) is 0.402. The molecule has 2 N–H and O–H groups in total. The van der Waals surface area contributed by atoms with Gasteiger partial charge in [-0.15, -0.1) is 0 Å². The molecular formula is C14H17N5O3. The van der Waals surface area contributed by atoms with Gasteiger partial charge in [0.2, 0.25) is 5.91 Å². The molecule has 0 aromatic carbocycles. The van der Waals surface area contributed by atoms with E-state index in [4.69, 9.17) is 5.73 Å². The minimum Gasteiger partial charge on any atom is -0.464 e. The summed E-state index contributed by atoms with van der Waals surface area (Å²) >= 11 is 0. The Bertz CT molecular complexity index is 708. The second-order valence-electron chi connectivity index (χ2n) is 4.84. The molecule has 0 radical (unpaired) electrons. The van der Waals surface area contributed by atoms with Gasteiger partial charge in [-0.1, -0.05) is 0 Å². The number of rotatable bonds is 4. The first-order valence-corrected chi connectivity index (χ1v) is 6.50. The molecular weight excluding hydrogens is 286 g/mol. The highest BCUT2D eigenvalue weighted by Crippen LogP contribution is 2.21. The van der Waals surface area contributed by atoms with Gasteiger partial charge in [0.15, 0.2) is 5.69 Å². The molecule has 0 atom stereocenters. The molecule has 2 aromatic heterocycles. The summed E-state index contributed by atoms with van der Waals surface area (Å²) in [5, 5.41) is 4.30. The van der Waals surface area contributed by atoms with Crippen LogP contribution in [0.15, 0.2) is 24.5 Å². The molecule has 0 bridgehead atoms. The topological polar surface area (TPSA) is 103 Å². The number of carbonyl (C=O) groups excluding carboxylic acids is 2. The Labute approximate surface area is 127 Å². The van der Waals surface area contributed by atoms with Crippen LogP contribution in [0.4, 0.5) is 5.69 Å². The maximum Gasteiger partial charge on any atom is 0.358 e. The number of hydrogen-bond donors (Lipinski definition) is 1. The van der Waals surface area contributed by atoms with Crippen molar-refractivity contribution in [3.05, 3.63) is 30.2 Å². The van der Waals surface area contributed by atoms with E-state index < -0.39 is 5.97 Å². The monoisotopic (exact) mass is 303 g/mol. The first kappa shape index (κ1) is 15.5. The highest BCUT2D eigenvalue weighted by Gasteiger charge is 2.14. The van der Waals surface area contributed by atoms with Crippen LogP contribution in [0.25, 0.3) is 11.3 Å². The number of amides is 1. The Kier molecular flexibility index (Phi) is 4.40. The number of ether oxygens (including phenoxy) is 1. The Morgan fingerprint density at radius 2 is 2.14 bits per heavy atom. The van der Waals surface area contributed by atoms with Gasteiger partial charge in [0.25, 0.3) is 0 Å². The van der Waals surface area contributed by atoms with Gasteiger partial charge < -0.3 is 15.4 Å². The van der Waals surface area contributed by atoms with Crippen molar-refractivity contribution >= 4 is 17.6 Å². The quantitative estimate of drug-likeness (QED) is 0.820. The lowest BCUT2D eigenvalue weighted by Crippen LogP contribution is -2.26. The third-order valence-electron chi connectivity index (χ3n) is 3.03. The van der Waals surface area contributed by atoms with Crippen LogP contribution in [0.5, 0.6) is 0 Å². The first-order valence-electron chi connectivity index (χ1n) is 6.50. The molecule has 2 aromatic rings. The maximum atomic E-state index is 11.6. The third kappa shape index (κ3) is 3.22. The van der Waals surface area contributed by atoms with Crippen molar-refractivity contribution < 1.29 is 14.3 Å². The van der Waals surface area contributed by atoms with Crippen molar-refractivity contribution in [2.75, 3.05) is 26.9 Å². The zero-order chi connectivity index (χ0) is 16.3. The number of carbonyl (C=O) groups is 2. The van der Waals surface area contributed by atoms with E-state index in [1.165, 1.54) is 22.9 Å². The molecule has 8 heteroatoms. The molecule has 0 unspecified atom stereocenters. The molecule has 0 aliphatic carbocycles. The summed E-state index contributed by atoms with van der Waals surface area (Å²) in [5.41, 5.74) is 7.35. The molecule has 0 saturated heterocycles. The van der Waals surface area contributed by atoms with E-state index in [0.29, 0.717) is 11.3 Å². The molecule has 8 nitrogen and oxygen atoms in total. The Morgan fingerprint density at radius 1 is 1.41 bits per heavy atom. The third-order valence-corrected chi connectivity index (χ3v) is 3.03. The fraction of sp³-hybridized carbons (Fsp3) is 0.286. The lowest BCUT2D eigenvalue weighted by Gasteiger charge is -2.09. The molecule has 0 spiro atoms. The maximum absolute atomic E-state index is 11.6. The van der Waals surface area contributed by atoms with Gasteiger partial charge in [0.1, 0.15) is 6.54 Å². The van der Waals surface area contributed by atoms with Gasteiger partial charge in [0.05, 0.1) is 18.5 Å². The zero-order valence-corrected chi connectivity index (χ0v) is 12.6. The summed E-state index contributed by atoms with van der Waals surface area (Å²) in [5.74, 6) is -0.653. The van der Waals surface area contributed by atoms with Crippen molar-refractivity contribution in [3.63, 3.8) is 0 Å². The van der Waals surface area contributed by atoms with Gasteiger partial charge >= 0.3 is 5.97 Å². The van der Waals surface area contributed by atoms with E-state index in [0.717, 1.165) is 0 Å². The highest BCUT2D eigenvalue weighted by atomic mass is 16.5. The molecule has 116 valence electrons. The minimum absolute atomic E-state index is 0.0617. The average molecular weight is 303 g/mol. The van der Waals surface area contributed by atoms with E-state index in [1.54, 1.807) is 32.4 Å². The van der Waals surface area contributed by atoms with Crippen LogP contribution < -0.4 is 5.73 Å². The van der Waals surface area contributed by atoms with Crippen molar-refractivity contribution in [2.24, 2.45) is 0 Å². The van der Waals surface area contributed by atoms with Crippen LogP contribution in [0.1, 0.15) is 10.5 Å². The molecule has 22 heavy (non-hydrogen) atoms. The largest absolute Gasteiger partial charge is 0.464 e. The molecule has 0 aliphatic heterocycles. The zero-order valence-electron chi connectivity index (χ0n) is 12.6. The summed E-state index contributed by atoms with van der Waals surface area (Å²) in [4.78, 5) is 28.6. The smallest absolute Gasteiger partial charge is 0.358 e. The molecule has 2 rings (SSSR count). The number of aromatic nitrogens is 3. The number of nitrogens with two attached hydrogens (primary N) is 1. The minimum atomic E-state index is -0.592. The van der Waals surface area contributed by atoms with Crippen LogP contribution in [0.2, 0.25) is 0 Å². The van der Waals surface area contributed by atoms with Crippen LogP contribution >= 0.6 is 0 Å². The predicted molar refractivity (Wildman–Crippen MR) is 79.9 cm³/mol. The van der Waals surface area contributed by atoms with E-state index in [1.807, 2.05) is 0 Å². The van der Waals surface area contributed by atoms with Gasteiger partial charge in [-0.2, -0.15) is 5.10 Å². The van der Waals surface area contributed by atoms with Crippen molar-refractivity contribution in [3.8, 4) is 11.3 Å². The first-order chi connectivity index (χ1) is 10.4. The van der Waals surface area contributed by atoms with Crippen LogP contribution in [-0.4, -0.2) is 52.7 Å². The lowest BCUT2D eigenvalue weighted by molar-refractivity contribution is -0.129. The van der Waals surface area contributed by atoms with Crippen molar-refractivity contribution in [1.82, 2.24) is 19.7 Å². The summed E-state index contributed by atoms with van der Waals surface area (Å²) < 4.78 is 6.12. The van der Waals surface area contributed by atoms with Gasteiger partial charge in [0, 0.05) is 32.1 Å². The number of esters is 1. The Balaban J connectivity index is 2.23. The number of pyridine rings is 1. The number of nitrogens with zero attached hydrogens (tertiary/aromatic N) is 4. The van der Waals surface area contributed by atoms with E-state index >= 15 is 0 Å². The summed E-state index contributed by atoms with van der Waals surface area (Å²) in [7, 11) is 4.63. The van der Waals surface area contributed by atoms with Crippen LogP contribution in [0, 0.1) is 0 Å². The second kappa shape index (κ2) is 6.25. The molecule has 0 saturated carbocycles. The van der Waals surface area contributed by atoms with Gasteiger partial charge in [-0.05, 0) is 12.1 Å². The molecule has 0 fully saturated rings. The lowest BCUT2D eigenvalue weighted by atomic mass is 10.2. The number of nitrogen functional groups attached to an aromatic ring is 1. The van der Waals surface area contributed by atoms with E-state index in [-0.39, 0.29) is 23.8 Å². The molecule has 0 aliphatic rings. The highest BCUT2D eigenvalue weighted by molar-refractivity contribution is 5.93. The summed E-state index contributed by atoms with van der Waals surface area (Å²) in [6.45, 7) is 0.149. The Morgan fingerprint density at radius 3 is 2.73 bits per heavy atom. The SMILES string of the molecule is COC(=O)c1ncc(-c2ccn(CC(=O)N(C)C)n2)cc1N. The van der Waals surface area contributed by atoms with Gasteiger partial charge in [-0.3, -0.25) is 9.48 Å². The number of anilines is 1. The summed E-state index contributed by atoms with van der Waals surface area (Å²) in [6, 6.07) is 3.34. The average Bonchev–Trinajstić information content (AvgIpc) is 2.94. The van der Waals surface area contributed by atoms with E-state index in [2.05, 4.69) is 14.8 Å². The standard InChI is InChI=1S/C14H17N5O3/c1-18(2)12(20)8-19-5-4-11(17-19)9-6-10(15)13(16-7-9)14(21)22-3/h4-7H,8,15H2,1-3H3. The fourth-order valence-electron chi connectivity index (χ4n) is 1.77. The van der Waals surface area contributed by atoms with Crippen molar-refractivity contribution in [1.29, 1.82) is 0 Å². The van der Waals surface area contributed by atoms with Crippen LogP contribution in [0.3, 0.4) is 0 Å². The number of likely N-dealkylation sites (N-methyl/N-ethyl adjacent to an activating group) is 1. The van der Waals surface area contributed by atoms with Crippen LogP contribution in [-0.2, 0) is 16.1 Å². The number of methoxy groups -OCH3 is 1. The van der Waals surface area contributed by atoms with E-state index in [9.17, 15) is 9.59 Å². The normalized spacial score (nSPS) is 10.3. The van der Waals surface area contributed by atoms with Gasteiger partial charge in [-0.25, -0.2) is 9.78 Å². The fourth-order valence-corrected chi connectivity index (χ4v) is 1.77. The summed E-state index contributed by atoms with van der Waals surface area (Å²) in [6.07, 6.45) is 3.18. The van der Waals surface area contributed by atoms with Crippen molar-refractivity contribution in [2.45, 2.75) is 6.54 Å². The number of hydrogen-bond acceptors (Lipinski definition) is 6. The Hall–Kier alpha value is -2.90. The molecule has 2 heterocycles.